The molecule has 0 fully saturated rings. The molecule has 0 aliphatic heterocycles. The van der Waals surface area contributed by atoms with Crippen LogP contribution in [0, 0.1) is 0 Å². The number of hydrogen-bond donors (Lipinski definition) is 2. The highest BCUT2D eigenvalue weighted by molar-refractivity contribution is 7.53. The lowest BCUT2D eigenvalue weighted by atomic mass is 10.5. The first-order valence-corrected chi connectivity index (χ1v) is 9.55. The lowest BCUT2D eigenvalue weighted by Gasteiger charge is -2.22. The number of anilines is 1. The molecule has 0 aliphatic rings. The Kier molecular flexibility index (Phi) is 6.28. The summed E-state index contributed by atoms with van der Waals surface area (Å²) in [5.41, 5.74) is 5.36. The molecule has 2 aromatic heterocycles. The fraction of sp³-hybridized carbons (Fsp3) is 0.692. The Bertz CT molecular complexity index is 803. The molecule has 0 saturated carbocycles. The van der Waals surface area contributed by atoms with Crippen LogP contribution in [0.15, 0.2) is 4.79 Å². The Hall–Kier alpha value is -1.81. The standard InChI is InChI=1S/C13H23N6O5P/c1-8(2)23-25(21,24-9(3)4)7-22-6-5-19-10-11(17-18-19)15-13(14)16-12(10)20/h8-9H,5-7H2,1-4H3,(H3,14,15,16,20). The largest absolute Gasteiger partial charge is 0.369 e. The molecule has 2 heterocycles. The molecule has 0 aliphatic carbocycles. The normalized spacial score (nSPS) is 12.6. The zero-order chi connectivity index (χ0) is 18.6. The molecule has 2 rings (SSSR count). The molecule has 0 atom stereocenters. The van der Waals surface area contributed by atoms with Crippen LogP contribution in [0.1, 0.15) is 27.7 Å². The summed E-state index contributed by atoms with van der Waals surface area (Å²) in [5.74, 6) is -0.0293. The number of nitrogen functional groups attached to an aromatic ring is 1. The van der Waals surface area contributed by atoms with Gasteiger partial charge >= 0.3 is 7.60 Å². The summed E-state index contributed by atoms with van der Waals surface area (Å²) < 4.78 is 30.2. The number of fused-ring (bicyclic) bond motifs is 1. The van der Waals surface area contributed by atoms with Gasteiger partial charge in [0.15, 0.2) is 5.52 Å². The molecule has 11 nitrogen and oxygen atoms in total. The van der Waals surface area contributed by atoms with Gasteiger partial charge in [-0.15, -0.1) is 5.10 Å². The number of aromatic amines is 1. The van der Waals surface area contributed by atoms with E-state index in [0.717, 1.165) is 0 Å². The number of H-pyrrole nitrogens is 1. The minimum atomic E-state index is -3.37. The van der Waals surface area contributed by atoms with Crippen molar-refractivity contribution in [3.05, 3.63) is 10.4 Å². The van der Waals surface area contributed by atoms with Crippen molar-refractivity contribution in [2.45, 2.75) is 46.4 Å². The maximum Gasteiger partial charge on any atom is 0.356 e. The minimum Gasteiger partial charge on any atom is -0.369 e. The van der Waals surface area contributed by atoms with Crippen LogP contribution in [0.4, 0.5) is 5.95 Å². The van der Waals surface area contributed by atoms with Crippen molar-refractivity contribution in [1.29, 1.82) is 0 Å². The fourth-order valence-electron chi connectivity index (χ4n) is 2.13. The molecule has 0 amide bonds. The number of nitrogens with two attached hydrogens (primary N) is 1. The predicted molar refractivity (Wildman–Crippen MR) is 91.2 cm³/mol. The van der Waals surface area contributed by atoms with E-state index in [1.807, 2.05) is 0 Å². The van der Waals surface area contributed by atoms with E-state index in [1.54, 1.807) is 27.7 Å². The van der Waals surface area contributed by atoms with Gasteiger partial charge in [-0.25, -0.2) is 4.68 Å². The maximum absolute atomic E-state index is 12.6. The molecule has 0 saturated heterocycles. The van der Waals surface area contributed by atoms with Gasteiger partial charge in [-0.2, -0.15) is 4.98 Å². The third-order valence-electron chi connectivity index (χ3n) is 2.84. The fourth-order valence-corrected chi connectivity index (χ4v) is 3.94. The van der Waals surface area contributed by atoms with Crippen LogP contribution in [-0.2, 0) is 24.9 Å². The van der Waals surface area contributed by atoms with Crippen molar-refractivity contribution in [3.63, 3.8) is 0 Å². The SMILES string of the molecule is CC(C)OP(=O)(COCCn1nnc2nc(N)[nH]c(=O)c21)OC(C)C. The topological polar surface area (TPSA) is 147 Å². The van der Waals surface area contributed by atoms with E-state index in [2.05, 4.69) is 20.3 Å². The smallest absolute Gasteiger partial charge is 0.356 e. The summed E-state index contributed by atoms with van der Waals surface area (Å²) in [4.78, 5) is 18.2. The van der Waals surface area contributed by atoms with Crippen molar-refractivity contribution >= 4 is 24.7 Å². The van der Waals surface area contributed by atoms with Gasteiger partial charge in [-0.05, 0) is 27.7 Å². The summed E-state index contributed by atoms with van der Waals surface area (Å²) in [6.07, 6.45) is -0.720. The summed E-state index contributed by atoms with van der Waals surface area (Å²) in [6, 6.07) is 0. The second-order valence-corrected chi connectivity index (χ2v) is 7.79. The van der Waals surface area contributed by atoms with Gasteiger partial charge in [0.1, 0.15) is 6.35 Å². The average Bonchev–Trinajstić information content (AvgIpc) is 2.85. The van der Waals surface area contributed by atoms with Crippen molar-refractivity contribution < 1.29 is 18.3 Å². The number of ether oxygens (including phenoxy) is 1. The van der Waals surface area contributed by atoms with Crippen LogP contribution in [0.3, 0.4) is 0 Å². The van der Waals surface area contributed by atoms with Crippen molar-refractivity contribution in [1.82, 2.24) is 25.0 Å². The predicted octanol–water partition coefficient (Wildman–Crippen LogP) is 1.11. The molecule has 0 unspecified atom stereocenters. The van der Waals surface area contributed by atoms with E-state index in [4.69, 9.17) is 19.5 Å². The van der Waals surface area contributed by atoms with Crippen LogP contribution < -0.4 is 11.3 Å². The van der Waals surface area contributed by atoms with Crippen LogP contribution >= 0.6 is 7.60 Å². The molecule has 0 radical (unpaired) electrons. The molecular formula is C13H23N6O5P. The van der Waals surface area contributed by atoms with E-state index in [0.29, 0.717) is 0 Å². The summed E-state index contributed by atoms with van der Waals surface area (Å²) in [7, 11) is -3.37. The zero-order valence-electron chi connectivity index (χ0n) is 14.6. The number of nitrogens with one attached hydrogen (secondary N) is 1. The van der Waals surface area contributed by atoms with Gasteiger partial charge in [0.2, 0.25) is 11.6 Å². The molecule has 12 heteroatoms. The van der Waals surface area contributed by atoms with Crippen LogP contribution in [-0.4, -0.2) is 50.1 Å². The Morgan fingerprint density at radius 3 is 2.48 bits per heavy atom. The summed E-state index contributed by atoms with van der Waals surface area (Å²) >= 11 is 0. The first kappa shape index (κ1) is 19.5. The average molecular weight is 374 g/mol. The Morgan fingerprint density at radius 2 is 1.88 bits per heavy atom. The highest BCUT2D eigenvalue weighted by atomic mass is 31.2. The van der Waals surface area contributed by atoms with Gasteiger partial charge in [0, 0.05) is 0 Å². The molecular weight excluding hydrogens is 351 g/mol. The Labute approximate surface area is 144 Å². The lowest BCUT2D eigenvalue weighted by Crippen LogP contribution is -2.17. The van der Waals surface area contributed by atoms with Crippen LogP contribution in [0.25, 0.3) is 11.2 Å². The monoisotopic (exact) mass is 374 g/mol. The Morgan fingerprint density at radius 1 is 1.24 bits per heavy atom. The first-order chi connectivity index (χ1) is 11.7. The Balaban J connectivity index is 1.98. The first-order valence-electron chi connectivity index (χ1n) is 7.83. The third-order valence-corrected chi connectivity index (χ3v) is 4.82. The molecule has 3 N–H and O–H groups in total. The number of nitrogens with zero attached hydrogens (tertiary/aromatic N) is 4. The van der Waals surface area contributed by atoms with E-state index in [9.17, 15) is 9.36 Å². The van der Waals surface area contributed by atoms with Crippen molar-refractivity contribution in [2.24, 2.45) is 0 Å². The van der Waals surface area contributed by atoms with Crippen LogP contribution in [0.5, 0.6) is 0 Å². The highest BCUT2D eigenvalue weighted by Crippen LogP contribution is 2.50. The minimum absolute atomic E-state index is 0.0293. The van der Waals surface area contributed by atoms with Crippen molar-refractivity contribution in [3.8, 4) is 0 Å². The molecule has 0 bridgehead atoms. The van der Waals surface area contributed by atoms with Gasteiger partial charge in [0.05, 0.1) is 25.4 Å². The van der Waals surface area contributed by atoms with Gasteiger partial charge in [0.25, 0.3) is 5.56 Å². The second kappa shape index (κ2) is 8.05. The van der Waals surface area contributed by atoms with Gasteiger partial charge in [-0.3, -0.25) is 14.3 Å². The molecule has 2 aromatic rings. The quantitative estimate of drug-likeness (QED) is 0.486. The molecule has 25 heavy (non-hydrogen) atoms. The third kappa shape index (κ3) is 5.33. The van der Waals surface area contributed by atoms with E-state index in [1.165, 1.54) is 4.68 Å². The number of hydrogen-bond acceptors (Lipinski definition) is 9. The second-order valence-electron chi connectivity index (χ2n) is 5.89. The maximum atomic E-state index is 12.6. The summed E-state index contributed by atoms with van der Waals surface area (Å²) in [5, 5.41) is 7.63. The lowest BCUT2D eigenvalue weighted by molar-refractivity contribution is 0.0951. The number of rotatable bonds is 9. The molecule has 0 spiro atoms. The molecule has 140 valence electrons. The molecule has 0 aromatic carbocycles. The van der Waals surface area contributed by atoms with E-state index in [-0.39, 0.29) is 48.8 Å². The van der Waals surface area contributed by atoms with Crippen molar-refractivity contribution in [2.75, 3.05) is 18.7 Å². The zero-order valence-corrected chi connectivity index (χ0v) is 15.5. The summed E-state index contributed by atoms with van der Waals surface area (Å²) in [6.45, 7) is 7.42. The van der Waals surface area contributed by atoms with Gasteiger partial charge in [-0.1, -0.05) is 5.21 Å². The van der Waals surface area contributed by atoms with Gasteiger partial charge < -0.3 is 19.5 Å². The van der Waals surface area contributed by atoms with E-state index < -0.39 is 13.2 Å². The van der Waals surface area contributed by atoms with Crippen LogP contribution in [0.2, 0.25) is 0 Å². The number of aromatic nitrogens is 5. The van der Waals surface area contributed by atoms with E-state index >= 15 is 0 Å². The highest BCUT2D eigenvalue weighted by Gasteiger charge is 2.28.